The number of amides is 1. The fraction of sp³-hybridized carbons (Fsp3) is 0.625. The molecule has 0 spiro atoms. The molecular weight excluding hydrogens is 206 g/mol. The van der Waals surface area contributed by atoms with E-state index < -0.39 is 16.0 Å². The lowest BCUT2D eigenvalue weighted by molar-refractivity contribution is -0.122. The molecule has 0 aromatic rings. The van der Waals surface area contributed by atoms with Crippen molar-refractivity contribution in [2.45, 2.75) is 26.2 Å². The van der Waals surface area contributed by atoms with Crippen molar-refractivity contribution >= 4 is 16.0 Å². The summed E-state index contributed by atoms with van der Waals surface area (Å²) in [5.41, 5.74) is 1.75. The zero-order chi connectivity index (χ0) is 11.0. The summed E-state index contributed by atoms with van der Waals surface area (Å²) in [4.78, 5) is 10.6. The van der Waals surface area contributed by atoms with Gasteiger partial charge in [0.2, 0.25) is 0 Å². The molecular formula is C8H15NO4S. The van der Waals surface area contributed by atoms with Crippen LogP contribution in [0.25, 0.3) is 0 Å². The van der Waals surface area contributed by atoms with Gasteiger partial charge in [-0.15, -0.1) is 4.28 Å². The molecule has 0 aliphatic heterocycles. The van der Waals surface area contributed by atoms with E-state index in [4.69, 9.17) is 0 Å². The van der Waals surface area contributed by atoms with Gasteiger partial charge in [-0.1, -0.05) is 26.3 Å². The van der Waals surface area contributed by atoms with E-state index in [1.807, 2.05) is 6.92 Å². The van der Waals surface area contributed by atoms with E-state index in [9.17, 15) is 13.2 Å². The Kier molecular flexibility index (Phi) is 6.14. The summed E-state index contributed by atoms with van der Waals surface area (Å²) < 4.78 is 26.3. The average molecular weight is 221 g/mol. The van der Waals surface area contributed by atoms with Crippen LogP contribution in [0.15, 0.2) is 12.7 Å². The van der Waals surface area contributed by atoms with Gasteiger partial charge in [0.25, 0.3) is 16.0 Å². The van der Waals surface area contributed by atoms with Gasteiger partial charge in [0, 0.05) is 0 Å². The molecule has 0 saturated heterocycles. The third-order valence-corrected chi connectivity index (χ3v) is 2.58. The molecule has 1 amide bonds. The maximum Gasteiger partial charge on any atom is 0.287 e. The fourth-order valence-corrected chi connectivity index (χ4v) is 1.57. The summed E-state index contributed by atoms with van der Waals surface area (Å²) >= 11 is 0. The second-order valence-electron chi connectivity index (χ2n) is 2.72. The first-order valence-corrected chi connectivity index (χ1v) is 5.93. The highest BCUT2D eigenvalue weighted by atomic mass is 32.2. The molecule has 6 heteroatoms. The van der Waals surface area contributed by atoms with Crippen LogP contribution >= 0.6 is 0 Å². The third kappa shape index (κ3) is 6.62. The van der Waals surface area contributed by atoms with Gasteiger partial charge in [0.15, 0.2) is 0 Å². The second-order valence-corrected chi connectivity index (χ2v) is 4.41. The SMILES string of the molecule is C=CC(=O)NOS(=O)(=O)CCCCC. The van der Waals surface area contributed by atoms with Crippen molar-refractivity contribution in [3.8, 4) is 0 Å². The summed E-state index contributed by atoms with van der Waals surface area (Å²) in [6.07, 6.45) is 3.21. The first-order chi connectivity index (χ1) is 6.52. The van der Waals surface area contributed by atoms with Crippen LogP contribution < -0.4 is 5.48 Å². The Balaban J connectivity index is 3.84. The molecule has 0 aliphatic rings. The van der Waals surface area contributed by atoms with Crippen molar-refractivity contribution in [3.05, 3.63) is 12.7 Å². The Morgan fingerprint density at radius 3 is 2.64 bits per heavy atom. The quantitative estimate of drug-likeness (QED) is 0.391. The number of carbonyl (C=O) groups is 1. The minimum Gasteiger partial charge on any atom is -0.268 e. The van der Waals surface area contributed by atoms with E-state index in [0.29, 0.717) is 6.42 Å². The molecule has 0 fully saturated rings. The monoisotopic (exact) mass is 221 g/mol. The Labute approximate surface area is 84.2 Å². The third-order valence-electron chi connectivity index (χ3n) is 1.45. The highest BCUT2D eigenvalue weighted by Crippen LogP contribution is 1.99. The molecule has 0 unspecified atom stereocenters. The van der Waals surface area contributed by atoms with Gasteiger partial charge in [0.1, 0.15) is 0 Å². The van der Waals surface area contributed by atoms with Gasteiger partial charge >= 0.3 is 0 Å². The summed E-state index contributed by atoms with van der Waals surface area (Å²) in [5, 5.41) is 0. The van der Waals surface area contributed by atoms with E-state index in [-0.39, 0.29) is 5.75 Å². The lowest BCUT2D eigenvalue weighted by Crippen LogP contribution is -2.26. The fourth-order valence-electron chi connectivity index (χ4n) is 0.717. The van der Waals surface area contributed by atoms with Gasteiger partial charge in [-0.05, 0) is 12.5 Å². The van der Waals surface area contributed by atoms with Crippen LogP contribution in [-0.2, 0) is 19.2 Å². The second kappa shape index (κ2) is 6.56. The molecule has 1 N–H and O–H groups in total. The van der Waals surface area contributed by atoms with Crippen LogP contribution in [-0.4, -0.2) is 20.1 Å². The smallest absolute Gasteiger partial charge is 0.268 e. The van der Waals surface area contributed by atoms with Crippen molar-refractivity contribution in [1.82, 2.24) is 5.48 Å². The zero-order valence-electron chi connectivity index (χ0n) is 8.15. The highest BCUT2D eigenvalue weighted by Gasteiger charge is 2.11. The molecule has 0 aliphatic carbocycles. The molecule has 0 aromatic heterocycles. The number of unbranched alkanes of at least 4 members (excludes halogenated alkanes) is 2. The van der Waals surface area contributed by atoms with E-state index >= 15 is 0 Å². The first-order valence-electron chi connectivity index (χ1n) is 4.35. The standard InChI is InChI=1S/C8H15NO4S/c1-3-5-6-7-14(11,12)13-9-8(10)4-2/h4H,2-3,5-7H2,1H3,(H,9,10). The van der Waals surface area contributed by atoms with Crippen molar-refractivity contribution < 1.29 is 17.5 Å². The van der Waals surface area contributed by atoms with Crippen molar-refractivity contribution in [2.75, 3.05) is 5.75 Å². The van der Waals surface area contributed by atoms with Crippen molar-refractivity contribution in [1.29, 1.82) is 0 Å². The predicted octanol–water partition coefficient (Wildman–Crippen LogP) is 0.740. The topological polar surface area (TPSA) is 72.5 Å². The molecule has 0 rings (SSSR count). The number of hydrogen-bond acceptors (Lipinski definition) is 4. The molecule has 14 heavy (non-hydrogen) atoms. The molecule has 5 nitrogen and oxygen atoms in total. The zero-order valence-corrected chi connectivity index (χ0v) is 8.97. The Morgan fingerprint density at radius 2 is 2.14 bits per heavy atom. The maximum absolute atomic E-state index is 11.1. The van der Waals surface area contributed by atoms with E-state index in [1.54, 1.807) is 5.48 Å². The van der Waals surface area contributed by atoms with Crippen LogP contribution in [0.1, 0.15) is 26.2 Å². The lowest BCUT2D eigenvalue weighted by atomic mass is 10.3. The van der Waals surface area contributed by atoms with Gasteiger partial charge < -0.3 is 0 Å². The van der Waals surface area contributed by atoms with Crippen LogP contribution in [0.3, 0.4) is 0 Å². The number of rotatable bonds is 7. The minimum atomic E-state index is -3.64. The summed E-state index contributed by atoms with van der Waals surface area (Å²) in [6, 6.07) is 0. The van der Waals surface area contributed by atoms with Gasteiger partial charge in [-0.2, -0.15) is 8.42 Å². The number of hydroxylamine groups is 1. The van der Waals surface area contributed by atoms with E-state index in [0.717, 1.165) is 18.9 Å². The van der Waals surface area contributed by atoms with Crippen LogP contribution in [0.2, 0.25) is 0 Å². The molecule has 0 aromatic carbocycles. The van der Waals surface area contributed by atoms with Crippen LogP contribution in [0.4, 0.5) is 0 Å². The first kappa shape index (κ1) is 13.1. The maximum atomic E-state index is 11.1. The number of nitrogens with one attached hydrogen (secondary N) is 1. The molecule has 0 atom stereocenters. The molecule has 0 saturated carbocycles. The van der Waals surface area contributed by atoms with Crippen LogP contribution in [0, 0.1) is 0 Å². The molecule has 82 valence electrons. The molecule has 0 heterocycles. The molecule has 0 bridgehead atoms. The predicted molar refractivity (Wildman–Crippen MR) is 52.7 cm³/mol. The van der Waals surface area contributed by atoms with Crippen LogP contribution in [0.5, 0.6) is 0 Å². The minimum absolute atomic E-state index is 0.0851. The van der Waals surface area contributed by atoms with Gasteiger partial charge in [0.05, 0.1) is 5.75 Å². The van der Waals surface area contributed by atoms with Gasteiger partial charge in [-0.3, -0.25) is 4.79 Å². The van der Waals surface area contributed by atoms with Crippen molar-refractivity contribution in [2.24, 2.45) is 0 Å². The Bertz CT molecular complexity index is 284. The highest BCUT2D eigenvalue weighted by molar-refractivity contribution is 7.86. The summed E-state index contributed by atoms with van der Waals surface area (Å²) in [5.74, 6) is -0.762. The summed E-state index contributed by atoms with van der Waals surface area (Å²) in [6.45, 7) is 5.12. The van der Waals surface area contributed by atoms with Crippen molar-refractivity contribution in [3.63, 3.8) is 0 Å². The average Bonchev–Trinajstić information content (AvgIpc) is 2.14. The molecule has 0 radical (unpaired) electrons. The largest absolute Gasteiger partial charge is 0.287 e. The Hall–Kier alpha value is -0.880. The summed E-state index contributed by atoms with van der Waals surface area (Å²) in [7, 11) is -3.64. The number of hydrogen-bond donors (Lipinski definition) is 1. The lowest BCUT2D eigenvalue weighted by Gasteiger charge is -2.03. The number of carbonyl (C=O) groups excluding carboxylic acids is 1. The Morgan fingerprint density at radius 1 is 1.50 bits per heavy atom. The van der Waals surface area contributed by atoms with E-state index in [1.165, 1.54) is 0 Å². The normalized spacial score (nSPS) is 10.9. The van der Waals surface area contributed by atoms with Gasteiger partial charge in [-0.25, -0.2) is 5.48 Å². The van der Waals surface area contributed by atoms with E-state index in [2.05, 4.69) is 10.9 Å².